The lowest BCUT2D eigenvalue weighted by Gasteiger charge is -2.29. The van der Waals surface area contributed by atoms with Crippen LogP contribution >= 0.6 is 0 Å². The molecule has 0 radical (unpaired) electrons. The van der Waals surface area contributed by atoms with E-state index < -0.39 is 5.60 Å². The van der Waals surface area contributed by atoms with Gasteiger partial charge in [-0.2, -0.15) is 0 Å². The van der Waals surface area contributed by atoms with Crippen molar-refractivity contribution in [1.82, 2.24) is 0 Å². The van der Waals surface area contributed by atoms with Gasteiger partial charge in [0.1, 0.15) is 5.60 Å². The molecule has 0 saturated heterocycles. The molecule has 2 heteroatoms. The lowest BCUT2D eigenvalue weighted by molar-refractivity contribution is -0.401. The summed E-state index contributed by atoms with van der Waals surface area (Å²) in [7, 11) is 0. The van der Waals surface area contributed by atoms with Gasteiger partial charge in [-0.3, -0.25) is 0 Å². The van der Waals surface area contributed by atoms with E-state index >= 15 is 0 Å². The highest BCUT2D eigenvalue weighted by molar-refractivity contribution is 5.64. The quantitative estimate of drug-likeness (QED) is 0.557. The number of rotatable bonds is 4. The molecule has 0 aromatic heterocycles. The van der Waals surface area contributed by atoms with Crippen LogP contribution in [-0.2, 0) is 15.4 Å². The van der Waals surface area contributed by atoms with E-state index in [1.165, 1.54) is 11.1 Å². The first kappa shape index (κ1) is 15.7. The van der Waals surface area contributed by atoms with Crippen LogP contribution in [0.5, 0.6) is 0 Å². The molecule has 0 amide bonds. The zero-order valence-electron chi connectivity index (χ0n) is 13.5. The molecule has 2 nitrogen and oxygen atoms in total. The van der Waals surface area contributed by atoms with Crippen LogP contribution in [0.1, 0.15) is 40.2 Å². The summed E-state index contributed by atoms with van der Waals surface area (Å²) < 4.78 is 0. The van der Waals surface area contributed by atoms with E-state index in [1.54, 1.807) is 0 Å². The minimum Gasteiger partial charge on any atom is -0.230 e. The fourth-order valence-corrected chi connectivity index (χ4v) is 1.98. The Morgan fingerprint density at radius 1 is 0.667 bits per heavy atom. The molecule has 0 saturated carbocycles. The van der Waals surface area contributed by atoms with E-state index in [9.17, 15) is 0 Å². The molecular formula is C19H24O2. The highest BCUT2D eigenvalue weighted by Gasteiger charge is 2.26. The summed E-state index contributed by atoms with van der Waals surface area (Å²) in [5.41, 5.74) is 2.65. The Kier molecular flexibility index (Phi) is 4.50. The number of hydrogen-bond donors (Lipinski definition) is 0. The molecule has 2 aromatic rings. The van der Waals surface area contributed by atoms with E-state index in [0.717, 1.165) is 5.56 Å². The summed E-state index contributed by atoms with van der Waals surface area (Å²) in [4.78, 5) is 11.2. The predicted octanol–water partition coefficient (Wildman–Crippen LogP) is 5.34. The number of hydrogen-bond acceptors (Lipinski definition) is 2. The summed E-state index contributed by atoms with van der Waals surface area (Å²) in [5, 5.41) is 0. The molecule has 2 aromatic carbocycles. The normalized spacial score (nSPS) is 12.4. The first-order valence-electron chi connectivity index (χ1n) is 7.31. The Hall–Kier alpha value is -1.64. The van der Waals surface area contributed by atoms with E-state index in [2.05, 4.69) is 36.4 Å². The largest absolute Gasteiger partial charge is 0.230 e. The van der Waals surface area contributed by atoms with Gasteiger partial charge in [-0.25, -0.2) is 9.78 Å². The highest BCUT2D eigenvalue weighted by Crippen LogP contribution is 2.30. The fourth-order valence-electron chi connectivity index (χ4n) is 1.98. The molecule has 0 bridgehead atoms. The smallest absolute Gasteiger partial charge is 0.123 e. The Balaban J connectivity index is 2.24. The first-order chi connectivity index (χ1) is 9.78. The Labute approximate surface area is 127 Å². The van der Waals surface area contributed by atoms with E-state index in [0.29, 0.717) is 0 Å². The average molecular weight is 284 g/mol. The van der Waals surface area contributed by atoms with Crippen molar-refractivity contribution in [3.63, 3.8) is 0 Å². The van der Waals surface area contributed by atoms with Crippen LogP contribution in [0.3, 0.4) is 0 Å². The van der Waals surface area contributed by atoms with Crippen molar-refractivity contribution in [2.75, 3.05) is 0 Å². The van der Waals surface area contributed by atoms with Crippen molar-refractivity contribution < 1.29 is 9.78 Å². The van der Waals surface area contributed by atoms with E-state index in [1.807, 2.05) is 52.8 Å². The first-order valence-corrected chi connectivity index (χ1v) is 7.31. The van der Waals surface area contributed by atoms with Crippen LogP contribution < -0.4 is 0 Å². The molecule has 0 aliphatic heterocycles. The monoisotopic (exact) mass is 284 g/mol. The standard InChI is InChI=1S/C19H24O2/c1-18(2,3)20-21-19(4,5)17-13-9-12-16(14-17)15-10-7-6-8-11-15/h6-14H,1-5H3. The summed E-state index contributed by atoms with van der Waals surface area (Å²) in [6.07, 6.45) is 0. The molecule has 0 aliphatic rings. The van der Waals surface area contributed by atoms with Crippen molar-refractivity contribution in [1.29, 1.82) is 0 Å². The summed E-state index contributed by atoms with van der Waals surface area (Å²) >= 11 is 0. The van der Waals surface area contributed by atoms with Gasteiger partial charge in [0.2, 0.25) is 0 Å². The van der Waals surface area contributed by atoms with Gasteiger partial charge < -0.3 is 0 Å². The van der Waals surface area contributed by atoms with Crippen molar-refractivity contribution in [3.05, 3.63) is 60.2 Å². The molecular weight excluding hydrogens is 260 g/mol. The third kappa shape index (κ3) is 4.42. The van der Waals surface area contributed by atoms with Crippen molar-refractivity contribution in [2.24, 2.45) is 0 Å². The van der Waals surface area contributed by atoms with Crippen LogP contribution in [0.2, 0.25) is 0 Å². The summed E-state index contributed by atoms with van der Waals surface area (Å²) in [5.74, 6) is 0. The third-order valence-corrected chi connectivity index (χ3v) is 3.16. The molecule has 0 aliphatic carbocycles. The molecule has 112 valence electrons. The zero-order chi connectivity index (χ0) is 15.5. The van der Waals surface area contributed by atoms with Gasteiger partial charge in [-0.05, 0) is 57.4 Å². The second-order valence-electron chi connectivity index (χ2n) is 6.74. The van der Waals surface area contributed by atoms with E-state index in [-0.39, 0.29) is 5.60 Å². The second kappa shape index (κ2) is 6.00. The van der Waals surface area contributed by atoms with E-state index in [4.69, 9.17) is 9.78 Å². The molecule has 0 N–H and O–H groups in total. The van der Waals surface area contributed by atoms with Crippen LogP contribution in [0.25, 0.3) is 11.1 Å². The van der Waals surface area contributed by atoms with Gasteiger partial charge in [0.05, 0.1) is 5.60 Å². The molecule has 0 spiro atoms. The van der Waals surface area contributed by atoms with Crippen molar-refractivity contribution in [2.45, 2.75) is 45.8 Å². The lowest BCUT2D eigenvalue weighted by Crippen LogP contribution is -2.28. The van der Waals surface area contributed by atoms with Crippen LogP contribution in [0, 0.1) is 0 Å². The molecule has 21 heavy (non-hydrogen) atoms. The summed E-state index contributed by atoms with van der Waals surface area (Å²) in [6.45, 7) is 9.96. The molecule has 0 atom stereocenters. The van der Waals surface area contributed by atoms with Gasteiger partial charge >= 0.3 is 0 Å². The Bertz CT molecular complexity index is 580. The highest BCUT2D eigenvalue weighted by atomic mass is 17.2. The van der Waals surface area contributed by atoms with Crippen molar-refractivity contribution in [3.8, 4) is 11.1 Å². The average Bonchev–Trinajstić information content (AvgIpc) is 2.46. The predicted molar refractivity (Wildman–Crippen MR) is 86.8 cm³/mol. The number of benzene rings is 2. The van der Waals surface area contributed by atoms with Gasteiger partial charge in [-0.1, -0.05) is 48.5 Å². The maximum Gasteiger partial charge on any atom is 0.123 e. The van der Waals surface area contributed by atoms with Gasteiger partial charge in [0, 0.05) is 0 Å². The fraction of sp³-hybridized carbons (Fsp3) is 0.368. The van der Waals surface area contributed by atoms with Gasteiger partial charge in [0.25, 0.3) is 0 Å². The van der Waals surface area contributed by atoms with Crippen LogP contribution in [0.4, 0.5) is 0 Å². The SMILES string of the molecule is CC(C)(C)OOC(C)(C)c1cccc(-c2ccccc2)c1. The van der Waals surface area contributed by atoms with Crippen LogP contribution in [-0.4, -0.2) is 5.60 Å². The zero-order valence-corrected chi connectivity index (χ0v) is 13.5. The summed E-state index contributed by atoms with van der Waals surface area (Å²) in [6, 6.07) is 18.7. The molecule has 0 unspecified atom stereocenters. The maximum atomic E-state index is 5.67. The Morgan fingerprint density at radius 3 is 1.90 bits per heavy atom. The molecule has 0 fully saturated rings. The maximum absolute atomic E-state index is 5.67. The Morgan fingerprint density at radius 2 is 1.29 bits per heavy atom. The minimum absolute atomic E-state index is 0.325. The third-order valence-electron chi connectivity index (χ3n) is 3.16. The second-order valence-corrected chi connectivity index (χ2v) is 6.74. The topological polar surface area (TPSA) is 18.5 Å². The lowest BCUT2D eigenvalue weighted by atomic mass is 9.94. The van der Waals surface area contributed by atoms with Gasteiger partial charge in [0.15, 0.2) is 0 Å². The molecule has 0 heterocycles. The van der Waals surface area contributed by atoms with Crippen LogP contribution in [0.15, 0.2) is 54.6 Å². The minimum atomic E-state index is -0.502. The molecule has 2 rings (SSSR count). The van der Waals surface area contributed by atoms with Crippen molar-refractivity contribution >= 4 is 0 Å². The van der Waals surface area contributed by atoms with Gasteiger partial charge in [-0.15, -0.1) is 0 Å².